The smallest absolute Gasteiger partial charge is 0.218 e. The fourth-order valence-corrected chi connectivity index (χ4v) is 5.01. The minimum absolute atomic E-state index is 0.144. The van der Waals surface area contributed by atoms with Crippen molar-refractivity contribution < 1.29 is 4.74 Å². The number of ether oxygens (including phenoxy) is 1. The van der Waals surface area contributed by atoms with E-state index < -0.39 is 0 Å². The van der Waals surface area contributed by atoms with E-state index in [0.717, 1.165) is 66.5 Å². The standard InChI is InChI=1S/C24H25N7O/c1-30(16-6-11-26-12-7-16)19-5-4-18-21(19)28-15-20(29-18)31-13-8-24(9-14-31)22(25)17-3-2-10-27-23(17)32-24/h2-3,5-7,10-12,15,22H,4,8-9,13-14,25H2,1H3/t22-/m1/s1. The zero-order valence-electron chi connectivity index (χ0n) is 18.0. The van der Waals surface area contributed by atoms with Crippen molar-refractivity contribution in [2.45, 2.75) is 30.9 Å². The van der Waals surface area contributed by atoms with Crippen LogP contribution >= 0.6 is 0 Å². The first-order chi connectivity index (χ1) is 15.6. The van der Waals surface area contributed by atoms with E-state index in [2.05, 4.69) is 25.8 Å². The Bertz CT molecular complexity index is 1190. The van der Waals surface area contributed by atoms with Gasteiger partial charge in [-0.2, -0.15) is 0 Å². The molecule has 8 nitrogen and oxygen atoms in total. The predicted octanol–water partition coefficient (Wildman–Crippen LogP) is 2.73. The molecule has 0 amide bonds. The van der Waals surface area contributed by atoms with Gasteiger partial charge in [0, 0.05) is 69.2 Å². The zero-order chi connectivity index (χ0) is 21.7. The molecule has 2 aliphatic heterocycles. The van der Waals surface area contributed by atoms with Crippen molar-refractivity contribution in [1.29, 1.82) is 0 Å². The van der Waals surface area contributed by atoms with E-state index >= 15 is 0 Å². The second-order valence-corrected chi connectivity index (χ2v) is 8.61. The van der Waals surface area contributed by atoms with Gasteiger partial charge in [0.05, 0.1) is 23.6 Å². The molecule has 1 fully saturated rings. The average Bonchev–Trinajstić information content (AvgIpc) is 3.38. The van der Waals surface area contributed by atoms with Crippen LogP contribution in [0.3, 0.4) is 0 Å². The van der Waals surface area contributed by atoms with E-state index in [1.807, 2.05) is 37.5 Å². The van der Waals surface area contributed by atoms with Crippen molar-refractivity contribution in [2.75, 3.05) is 29.9 Å². The van der Waals surface area contributed by atoms with Crippen molar-refractivity contribution in [3.05, 3.63) is 72.1 Å². The number of hydrogen-bond donors (Lipinski definition) is 1. The molecule has 1 spiro atoms. The highest BCUT2D eigenvalue weighted by Crippen LogP contribution is 2.46. The van der Waals surface area contributed by atoms with Gasteiger partial charge in [-0.25, -0.2) is 15.0 Å². The van der Waals surface area contributed by atoms with Crippen LogP contribution in [-0.2, 0) is 6.42 Å². The number of allylic oxidation sites excluding steroid dienone is 1. The second-order valence-electron chi connectivity index (χ2n) is 8.61. The van der Waals surface area contributed by atoms with Crippen LogP contribution in [0.1, 0.15) is 35.8 Å². The van der Waals surface area contributed by atoms with Crippen LogP contribution in [0.5, 0.6) is 5.88 Å². The van der Waals surface area contributed by atoms with Crippen molar-refractivity contribution in [3.63, 3.8) is 0 Å². The molecular formula is C24H25N7O. The van der Waals surface area contributed by atoms with Gasteiger partial charge in [-0.15, -0.1) is 0 Å². The van der Waals surface area contributed by atoms with Crippen molar-refractivity contribution in [3.8, 4) is 5.88 Å². The number of aromatic nitrogens is 4. The minimum atomic E-state index is -0.376. The van der Waals surface area contributed by atoms with Gasteiger partial charge in [0.15, 0.2) is 0 Å². The van der Waals surface area contributed by atoms with Crippen LogP contribution in [0.4, 0.5) is 11.5 Å². The van der Waals surface area contributed by atoms with Gasteiger partial charge in [0.25, 0.3) is 0 Å². The number of rotatable bonds is 3. The number of piperidine rings is 1. The summed E-state index contributed by atoms with van der Waals surface area (Å²) in [6, 6.07) is 7.79. The van der Waals surface area contributed by atoms with E-state index in [-0.39, 0.29) is 11.6 Å². The van der Waals surface area contributed by atoms with Gasteiger partial charge >= 0.3 is 0 Å². The highest BCUT2D eigenvalue weighted by atomic mass is 16.5. The molecule has 0 unspecified atom stereocenters. The lowest BCUT2D eigenvalue weighted by Crippen LogP contribution is -2.51. The number of pyridine rings is 2. The predicted molar refractivity (Wildman–Crippen MR) is 122 cm³/mol. The molecule has 3 aromatic rings. The molecule has 5 heterocycles. The lowest BCUT2D eigenvalue weighted by molar-refractivity contribution is 0.0397. The first kappa shape index (κ1) is 19.2. The summed E-state index contributed by atoms with van der Waals surface area (Å²) in [7, 11) is 2.05. The maximum atomic E-state index is 6.58. The maximum absolute atomic E-state index is 6.58. The molecule has 3 aliphatic rings. The third-order valence-corrected chi connectivity index (χ3v) is 6.91. The van der Waals surface area contributed by atoms with Crippen LogP contribution in [0, 0.1) is 0 Å². The number of hydrogen-bond acceptors (Lipinski definition) is 8. The summed E-state index contributed by atoms with van der Waals surface area (Å²) >= 11 is 0. The third-order valence-electron chi connectivity index (χ3n) is 6.91. The molecule has 162 valence electrons. The largest absolute Gasteiger partial charge is 0.469 e. The topological polar surface area (TPSA) is 93.3 Å². The minimum Gasteiger partial charge on any atom is -0.469 e. The van der Waals surface area contributed by atoms with Crippen LogP contribution < -0.4 is 20.3 Å². The van der Waals surface area contributed by atoms with E-state index in [4.69, 9.17) is 20.4 Å². The Labute approximate surface area is 186 Å². The summed E-state index contributed by atoms with van der Waals surface area (Å²) in [4.78, 5) is 22.7. The molecule has 0 bridgehead atoms. The molecule has 0 radical (unpaired) electrons. The van der Waals surface area contributed by atoms with Crippen LogP contribution in [-0.4, -0.2) is 45.7 Å². The normalized spacial score (nSPS) is 20.5. The molecule has 3 aromatic heterocycles. The molecular weight excluding hydrogens is 402 g/mol. The van der Waals surface area contributed by atoms with Crippen molar-refractivity contribution in [1.82, 2.24) is 19.9 Å². The fourth-order valence-electron chi connectivity index (χ4n) is 5.01. The van der Waals surface area contributed by atoms with Gasteiger partial charge in [-0.1, -0.05) is 12.1 Å². The van der Waals surface area contributed by atoms with Crippen LogP contribution in [0.25, 0.3) is 5.70 Å². The second kappa shape index (κ2) is 7.27. The summed E-state index contributed by atoms with van der Waals surface area (Å²) < 4.78 is 6.27. The van der Waals surface area contributed by atoms with Crippen LogP contribution in [0.15, 0.2) is 55.1 Å². The molecule has 2 N–H and O–H groups in total. The summed E-state index contributed by atoms with van der Waals surface area (Å²) in [5.74, 6) is 1.60. The Hall–Kier alpha value is -3.52. The molecule has 1 saturated heterocycles. The molecule has 8 heteroatoms. The summed E-state index contributed by atoms with van der Waals surface area (Å²) in [5, 5.41) is 0. The number of nitrogens with zero attached hydrogens (tertiary/aromatic N) is 6. The first-order valence-corrected chi connectivity index (χ1v) is 11.0. The molecule has 6 rings (SSSR count). The lowest BCUT2D eigenvalue weighted by Gasteiger charge is -2.41. The van der Waals surface area contributed by atoms with E-state index in [1.54, 1.807) is 18.6 Å². The van der Waals surface area contributed by atoms with Crippen LogP contribution in [0.2, 0.25) is 0 Å². The Morgan fingerprint density at radius 1 is 1.12 bits per heavy atom. The molecule has 0 aromatic carbocycles. The van der Waals surface area contributed by atoms with E-state index in [9.17, 15) is 0 Å². The molecule has 1 aliphatic carbocycles. The Balaban J connectivity index is 1.18. The van der Waals surface area contributed by atoms with E-state index in [1.165, 1.54) is 0 Å². The van der Waals surface area contributed by atoms with Gasteiger partial charge in [-0.05, 0) is 18.2 Å². The van der Waals surface area contributed by atoms with Gasteiger partial charge in [0.2, 0.25) is 5.88 Å². The summed E-state index contributed by atoms with van der Waals surface area (Å²) in [6.07, 6.45) is 11.9. The van der Waals surface area contributed by atoms with Gasteiger partial charge in [-0.3, -0.25) is 4.98 Å². The number of nitrogens with two attached hydrogens (primary N) is 1. The summed E-state index contributed by atoms with van der Waals surface area (Å²) in [6.45, 7) is 1.65. The maximum Gasteiger partial charge on any atom is 0.218 e. The lowest BCUT2D eigenvalue weighted by atomic mass is 9.83. The fraction of sp³-hybridized carbons (Fsp3) is 0.333. The third kappa shape index (κ3) is 2.94. The molecule has 1 atom stereocenters. The number of anilines is 2. The molecule has 0 saturated carbocycles. The van der Waals surface area contributed by atoms with Gasteiger partial charge in [0.1, 0.15) is 17.1 Å². The monoisotopic (exact) mass is 427 g/mol. The Morgan fingerprint density at radius 2 is 1.94 bits per heavy atom. The Morgan fingerprint density at radius 3 is 2.72 bits per heavy atom. The summed E-state index contributed by atoms with van der Waals surface area (Å²) in [5.41, 5.74) is 11.3. The van der Waals surface area contributed by atoms with E-state index in [0.29, 0.717) is 5.88 Å². The number of fused-ring (bicyclic) bond motifs is 2. The van der Waals surface area contributed by atoms with Crippen molar-refractivity contribution >= 4 is 17.2 Å². The Kier molecular flexibility index (Phi) is 4.36. The highest BCUT2D eigenvalue weighted by molar-refractivity contribution is 5.81. The van der Waals surface area contributed by atoms with Crippen molar-refractivity contribution in [2.24, 2.45) is 5.73 Å². The quantitative estimate of drug-likeness (QED) is 0.682. The van der Waals surface area contributed by atoms with Gasteiger partial charge < -0.3 is 20.3 Å². The highest BCUT2D eigenvalue weighted by Gasteiger charge is 2.49. The average molecular weight is 428 g/mol. The zero-order valence-corrected chi connectivity index (χ0v) is 18.0. The first-order valence-electron chi connectivity index (χ1n) is 11.0. The SMILES string of the molecule is CN(C1=CCc2nc(N3CCC4(CC3)Oc3ncccc3[C@H]4N)cnc21)c1ccncc1. The molecule has 32 heavy (non-hydrogen) atoms.